The molecule has 0 rings (SSSR count). The van der Waals surface area contributed by atoms with E-state index in [0.29, 0.717) is 19.4 Å². The van der Waals surface area contributed by atoms with E-state index in [4.69, 9.17) is 4.74 Å². The Labute approximate surface area is 462 Å². The number of carbonyl (C=O) groups is 2. The summed E-state index contributed by atoms with van der Waals surface area (Å²) in [6, 6.07) is -0.642. The number of rotatable bonds is 62. The highest BCUT2D eigenvalue weighted by atomic mass is 16.5. The van der Waals surface area contributed by atoms with Crippen molar-refractivity contribution in [1.29, 1.82) is 0 Å². The van der Waals surface area contributed by atoms with Gasteiger partial charge in [-0.2, -0.15) is 0 Å². The molecule has 0 radical (unpaired) electrons. The SMILES string of the molecule is CCCCCCCCCCCCCCCCCCCCCCC/C=C/C(O)C(CO)NC(=O)CCCCCCCCC/C=C\C/C=C\CCCCCOC(=O)CCCCCCCCCCCCCCCCCCC. The molecule has 2 unspecified atom stereocenters. The molecule has 0 aliphatic heterocycles. The molecule has 0 spiro atoms. The molecular formula is C68H129NO5. The summed E-state index contributed by atoms with van der Waals surface area (Å²) >= 11 is 0. The molecule has 0 saturated carbocycles. The summed E-state index contributed by atoms with van der Waals surface area (Å²) in [5, 5.41) is 23.2. The van der Waals surface area contributed by atoms with Gasteiger partial charge in [0.1, 0.15) is 0 Å². The Balaban J connectivity index is 3.50. The van der Waals surface area contributed by atoms with Gasteiger partial charge in [-0.25, -0.2) is 0 Å². The van der Waals surface area contributed by atoms with Crippen LogP contribution in [0.1, 0.15) is 361 Å². The first-order valence-corrected chi connectivity index (χ1v) is 33.3. The van der Waals surface area contributed by atoms with E-state index in [1.165, 1.54) is 250 Å². The highest BCUT2D eigenvalue weighted by Gasteiger charge is 2.18. The molecule has 2 atom stereocenters. The van der Waals surface area contributed by atoms with Gasteiger partial charge in [0, 0.05) is 12.8 Å². The van der Waals surface area contributed by atoms with Crippen LogP contribution in [0.5, 0.6) is 0 Å². The Morgan fingerprint density at radius 1 is 0.378 bits per heavy atom. The van der Waals surface area contributed by atoms with Crippen LogP contribution in [0.4, 0.5) is 0 Å². The van der Waals surface area contributed by atoms with E-state index in [1.807, 2.05) is 6.08 Å². The maximum Gasteiger partial charge on any atom is 0.305 e. The van der Waals surface area contributed by atoms with Gasteiger partial charge in [0.15, 0.2) is 0 Å². The number of hydrogen-bond acceptors (Lipinski definition) is 5. The number of amides is 1. The standard InChI is InChI=1S/C68H129NO5/c1-3-5-7-9-11-13-15-17-19-21-22-23-24-25-26-29-32-36-40-44-48-52-56-60-66(71)65(64-70)69-67(72)61-57-53-49-45-41-37-33-30-27-31-35-39-43-47-51-55-59-63-74-68(73)62-58-54-50-46-42-38-34-28-20-18-16-14-12-10-8-6-4-2/h27,31,39,43,56,60,65-66,70-71H,3-26,28-30,32-38,40-42,44-55,57-59,61-64H2,1-2H3,(H,69,72)/b31-27-,43-39-,60-56+. The third-order valence-corrected chi connectivity index (χ3v) is 15.4. The molecule has 436 valence electrons. The number of nitrogens with one attached hydrogen (secondary N) is 1. The van der Waals surface area contributed by atoms with Crippen LogP contribution in [-0.2, 0) is 14.3 Å². The van der Waals surface area contributed by atoms with Crippen molar-refractivity contribution >= 4 is 11.9 Å². The van der Waals surface area contributed by atoms with Crippen molar-refractivity contribution in [2.75, 3.05) is 13.2 Å². The minimum absolute atomic E-state index is 0.0119. The molecule has 0 saturated heterocycles. The van der Waals surface area contributed by atoms with Gasteiger partial charge >= 0.3 is 5.97 Å². The van der Waals surface area contributed by atoms with Crippen molar-refractivity contribution in [3.8, 4) is 0 Å². The highest BCUT2D eigenvalue weighted by molar-refractivity contribution is 5.76. The molecule has 6 nitrogen and oxygen atoms in total. The fraction of sp³-hybridized carbons (Fsp3) is 0.882. The molecule has 0 aromatic rings. The summed E-state index contributed by atoms with van der Waals surface area (Å²) in [6.45, 7) is 4.89. The fourth-order valence-corrected chi connectivity index (χ4v) is 10.3. The van der Waals surface area contributed by atoms with E-state index in [9.17, 15) is 19.8 Å². The minimum Gasteiger partial charge on any atom is -0.466 e. The molecule has 0 aliphatic carbocycles. The summed E-state index contributed by atoms with van der Waals surface area (Å²) in [7, 11) is 0. The molecule has 1 amide bonds. The molecule has 0 fully saturated rings. The first-order valence-electron chi connectivity index (χ1n) is 33.3. The molecule has 74 heavy (non-hydrogen) atoms. The number of aliphatic hydroxyl groups is 2. The largest absolute Gasteiger partial charge is 0.466 e. The van der Waals surface area contributed by atoms with E-state index < -0.39 is 12.1 Å². The van der Waals surface area contributed by atoms with Crippen molar-refractivity contribution < 1.29 is 24.5 Å². The average molecular weight is 1040 g/mol. The number of unbranched alkanes of at least 4 members (excludes halogenated alkanes) is 47. The van der Waals surface area contributed by atoms with Crippen molar-refractivity contribution in [3.05, 3.63) is 36.5 Å². The molecule has 0 bridgehead atoms. The van der Waals surface area contributed by atoms with E-state index in [2.05, 4.69) is 43.5 Å². The Kier molecular flexibility index (Phi) is 62.0. The molecule has 0 aliphatic rings. The summed E-state index contributed by atoms with van der Waals surface area (Å²) < 4.78 is 5.47. The Morgan fingerprint density at radius 2 is 0.676 bits per heavy atom. The number of aliphatic hydroxyl groups excluding tert-OH is 2. The van der Waals surface area contributed by atoms with Crippen LogP contribution in [0.25, 0.3) is 0 Å². The van der Waals surface area contributed by atoms with Crippen LogP contribution in [-0.4, -0.2) is 47.4 Å². The first-order chi connectivity index (χ1) is 36.5. The number of ether oxygens (including phenoxy) is 1. The monoisotopic (exact) mass is 1040 g/mol. The average Bonchev–Trinajstić information content (AvgIpc) is 3.40. The Morgan fingerprint density at radius 3 is 1.03 bits per heavy atom. The van der Waals surface area contributed by atoms with Crippen LogP contribution in [0, 0.1) is 0 Å². The zero-order chi connectivity index (χ0) is 53.6. The van der Waals surface area contributed by atoms with Gasteiger partial charge in [-0.05, 0) is 70.6 Å². The summed E-state index contributed by atoms with van der Waals surface area (Å²) in [6.07, 6.45) is 80.6. The maximum atomic E-state index is 12.5. The number of esters is 1. The quantitative estimate of drug-likeness (QED) is 0.0320. The first kappa shape index (κ1) is 72.1. The summed E-state index contributed by atoms with van der Waals surface area (Å²) in [5.74, 6) is -0.0927. The van der Waals surface area contributed by atoms with Crippen LogP contribution in [0.15, 0.2) is 36.5 Å². The van der Waals surface area contributed by atoms with E-state index in [-0.39, 0.29) is 18.5 Å². The Hall–Kier alpha value is -1.92. The number of hydrogen-bond donors (Lipinski definition) is 3. The maximum absolute atomic E-state index is 12.5. The van der Waals surface area contributed by atoms with Crippen LogP contribution in [0.2, 0.25) is 0 Å². The molecule has 3 N–H and O–H groups in total. The lowest BCUT2D eigenvalue weighted by Gasteiger charge is -2.20. The normalized spacial score (nSPS) is 12.8. The third-order valence-electron chi connectivity index (χ3n) is 15.4. The molecule has 0 heterocycles. The summed E-state index contributed by atoms with van der Waals surface area (Å²) in [4.78, 5) is 24.6. The molecule has 0 aromatic heterocycles. The lowest BCUT2D eigenvalue weighted by atomic mass is 10.0. The number of allylic oxidation sites excluding steroid dienone is 5. The van der Waals surface area contributed by atoms with Gasteiger partial charge in [-0.1, -0.05) is 314 Å². The van der Waals surface area contributed by atoms with Crippen molar-refractivity contribution in [3.63, 3.8) is 0 Å². The molecule has 6 heteroatoms. The van der Waals surface area contributed by atoms with E-state index in [1.54, 1.807) is 6.08 Å². The molecule has 0 aromatic carbocycles. The Bertz CT molecular complexity index is 1200. The minimum atomic E-state index is -0.857. The van der Waals surface area contributed by atoms with Gasteiger partial charge in [0.25, 0.3) is 0 Å². The zero-order valence-corrected chi connectivity index (χ0v) is 49.8. The summed E-state index contributed by atoms with van der Waals surface area (Å²) in [5.41, 5.74) is 0. The van der Waals surface area contributed by atoms with Crippen LogP contribution in [0.3, 0.4) is 0 Å². The predicted molar refractivity (Wildman–Crippen MR) is 324 cm³/mol. The zero-order valence-electron chi connectivity index (χ0n) is 49.8. The second-order valence-electron chi connectivity index (χ2n) is 22.8. The van der Waals surface area contributed by atoms with Crippen molar-refractivity contribution in [2.24, 2.45) is 0 Å². The van der Waals surface area contributed by atoms with E-state index in [0.717, 1.165) is 83.5 Å². The lowest BCUT2D eigenvalue weighted by Crippen LogP contribution is -2.45. The predicted octanol–water partition coefficient (Wildman–Crippen LogP) is 21.1. The van der Waals surface area contributed by atoms with E-state index >= 15 is 0 Å². The number of carbonyl (C=O) groups excluding carboxylic acids is 2. The third kappa shape index (κ3) is 59.3. The highest BCUT2D eigenvalue weighted by Crippen LogP contribution is 2.18. The fourth-order valence-electron chi connectivity index (χ4n) is 10.3. The molecular weight excluding hydrogens is 911 g/mol. The lowest BCUT2D eigenvalue weighted by molar-refractivity contribution is -0.143. The van der Waals surface area contributed by atoms with Gasteiger partial charge in [0.05, 0.1) is 25.4 Å². The van der Waals surface area contributed by atoms with Gasteiger partial charge in [0.2, 0.25) is 5.91 Å². The van der Waals surface area contributed by atoms with Crippen molar-refractivity contribution in [1.82, 2.24) is 5.32 Å². The van der Waals surface area contributed by atoms with Crippen LogP contribution < -0.4 is 5.32 Å². The second kappa shape index (κ2) is 63.6. The smallest absolute Gasteiger partial charge is 0.305 e. The topological polar surface area (TPSA) is 95.9 Å². The van der Waals surface area contributed by atoms with Gasteiger partial charge < -0.3 is 20.3 Å². The van der Waals surface area contributed by atoms with Gasteiger partial charge in [-0.3, -0.25) is 9.59 Å². The van der Waals surface area contributed by atoms with Crippen LogP contribution >= 0.6 is 0 Å². The van der Waals surface area contributed by atoms with Gasteiger partial charge in [-0.15, -0.1) is 0 Å². The second-order valence-corrected chi connectivity index (χ2v) is 22.8. The van der Waals surface area contributed by atoms with Crippen molar-refractivity contribution in [2.45, 2.75) is 373 Å².